The van der Waals surface area contributed by atoms with E-state index in [2.05, 4.69) is 27.9 Å². The number of halogens is 2. The second kappa shape index (κ2) is 10.8. The lowest BCUT2D eigenvalue weighted by Crippen LogP contribution is -2.41. The summed E-state index contributed by atoms with van der Waals surface area (Å²) in [5.41, 5.74) is 2.04. The molecular weight excluding hydrogens is 555 g/mol. The van der Waals surface area contributed by atoms with Crippen LogP contribution in [-0.4, -0.2) is 29.5 Å². The van der Waals surface area contributed by atoms with Crippen molar-refractivity contribution in [3.8, 4) is 11.5 Å². The molecule has 2 aromatic rings. The molecule has 2 aliphatic rings. The fourth-order valence-electron chi connectivity index (χ4n) is 4.20. The summed E-state index contributed by atoms with van der Waals surface area (Å²) in [6.45, 7) is 2.75. The van der Waals surface area contributed by atoms with Gasteiger partial charge in [-0.2, -0.15) is 0 Å². The SMILES string of the molecule is CCOc1cc(/C=C2\NC(=O)N(C3CCCCC3)C2=O)cc(I)c1OCc1ccc(Cl)cc1. The first kappa shape index (κ1) is 23.9. The van der Waals surface area contributed by atoms with Gasteiger partial charge in [0.15, 0.2) is 11.5 Å². The largest absolute Gasteiger partial charge is 0.490 e. The predicted octanol–water partition coefficient (Wildman–Crippen LogP) is 6.15. The molecule has 0 unspecified atom stereocenters. The van der Waals surface area contributed by atoms with Crippen molar-refractivity contribution in [1.82, 2.24) is 10.2 Å². The third kappa shape index (κ3) is 5.63. The van der Waals surface area contributed by atoms with Gasteiger partial charge in [-0.15, -0.1) is 0 Å². The van der Waals surface area contributed by atoms with Crippen molar-refractivity contribution >= 4 is 52.2 Å². The van der Waals surface area contributed by atoms with E-state index in [1.54, 1.807) is 6.08 Å². The fraction of sp³-hybridized carbons (Fsp3) is 0.360. The number of ether oxygens (including phenoxy) is 2. The van der Waals surface area contributed by atoms with Crippen LogP contribution in [0.5, 0.6) is 11.5 Å². The van der Waals surface area contributed by atoms with Gasteiger partial charge in [-0.05, 0) is 83.8 Å². The Hall–Kier alpha value is -2.26. The first-order valence-corrected chi connectivity index (χ1v) is 12.6. The topological polar surface area (TPSA) is 67.9 Å². The third-order valence-corrected chi connectivity index (χ3v) is 6.84. The molecule has 1 saturated carbocycles. The molecular formula is C25H26ClIN2O4. The predicted molar refractivity (Wildman–Crippen MR) is 136 cm³/mol. The summed E-state index contributed by atoms with van der Waals surface area (Å²) in [4.78, 5) is 26.9. The van der Waals surface area contributed by atoms with Gasteiger partial charge in [-0.25, -0.2) is 4.79 Å². The van der Waals surface area contributed by atoms with Crippen molar-refractivity contribution in [3.05, 3.63) is 61.8 Å². The number of carbonyl (C=O) groups is 2. The highest BCUT2D eigenvalue weighted by molar-refractivity contribution is 14.1. The zero-order valence-electron chi connectivity index (χ0n) is 18.4. The van der Waals surface area contributed by atoms with Gasteiger partial charge in [0, 0.05) is 11.1 Å². The van der Waals surface area contributed by atoms with Crippen LogP contribution < -0.4 is 14.8 Å². The summed E-state index contributed by atoms with van der Waals surface area (Å²) in [5.74, 6) is 0.967. The van der Waals surface area contributed by atoms with Crippen LogP contribution in [0.4, 0.5) is 4.79 Å². The second-order valence-electron chi connectivity index (χ2n) is 8.13. The Kier molecular flexibility index (Phi) is 7.80. The van der Waals surface area contributed by atoms with Crippen molar-refractivity contribution < 1.29 is 19.1 Å². The number of hydrogen-bond donors (Lipinski definition) is 1. The number of hydrogen-bond acceptors (Lipinski definition) is 4. The van der Waals surface area contributed by atoms with Gasteiger partial charge in [-0.1, -0.05) is 43.0 Å². The number of carbonyl (C=O) groups excluding carboxylic acids is 2. The van der Waals surface area contributed by atoms with Crippen LogP contribution in [0, 0.1) is 3.57 Å². The molecule has 1 aliphatic heterocycles. The van der Waals surface area contributed by atoms with Gasteiger partial charge >= 0.3 is 6.03 Å². The minimum atomic E-state index is -0.333. The van der Waals surface area contributed by atoms with E-state index in [0.29, 0.717) is 35.4 Å². The highest BCUT2D eigenvalue weighted by Crippen LogP contribution is 2.36. The van der Waals surface area contributed by atoms with Gasteiger partial charge in [0.25, 0.3) is 5.91 Å². The summed E-state index contributed by atoms with van der Waals surface area (Å²) in [6, 6.07) is 10.9. The van der Waals surface area contributed by atoms with E-state index in [1.807, 2.05) is 43.3 Å². The summed E-state index contributed by atoms with van der Waals surface area (Å²) >= 11 is 8.16. The molecule has 3 amide bonds. The third-order valence-electron chi connectivity index (χ3n) is 5.79. The van der Waals surface area contributed by atoms with Gasteiger partial charge in [0.1, 0.15) is 12.3 Å². The minimum absolute atomic E-state index is 0.0140. The maximum absolute atomic E-state index is 13.0. The lowest BCUT2D eigenvalue weighted by Gasteiger charge is -2.28. The van der Waals surface area contributed by atoms with Crippen molar-refractivity contribution in [2.75, 3.05) is 6.61 Å². The van der Waals surface area contributed by atoms with E-state index in [4.69, 9.17) is 21.1 Å². The summed E-state index contributed by atoms with van der Waals surface area (Å²) < 4.78 is 12.7. The van der Waals surface area contributed by atoms with Crippen LogP contribution in [-0.2, 0) is 11.4 Å². The minimum Gasteiger partial charge on any atom is -0.490 e. The van der Waals surface area contributed by atoms with E-state index < -0.39 is 0 Å². The van der Waals surface area contributed by atoms with Crippen LogP contribution in [0.1, 0.15) is 50.2 Å². The van der Waals surface area contributed by atoms with E-state index in [-0.39, 0.29) is 18.0 Å². The van der Waals surface area contributed by atoms with Crippen LogP contribution in [0.15, 0.2) is 42.1 Å². The van der Waals surface area contributed by atoms with Crippen LogP contribution in [0.2, 0.25) is 5.02 Å². The van der Waals surface area contributed by atoms with E-state index >= 15 is 0 Å². The molecule has 4 rings (SSSR count). The smallest absolute Gasteiger partial charge is 0.329 e. The summed E-state index contributed by atoms with van der Waals surface area (Å²) in [5, 5.41) is 3.43. The lowest BCUT2D eigenvalue weighted by molar-refractivity contribution is -0.124. The molecule has 1 N–H and O–H groups in total. The molecule has 6 nitrogen and oxygen atoms in total. The lowest BCUT2D eigenvalue weighted by atomic mass is 9.94. The molecule has 0 aromatic heterocycles. The number of nitrogens with one attached hydrogen (secondary N) is 1. The average Bonchev–Trinajstić information content (AvgIpc) is 3.08. The fourth-order valence-corrected chi connectivity index (χ4v) is 5.10. The molecule has 8 heteroatoms. The van der Waals surface area contributed by atoms with Crippen molar-refractivity contribution in [2.45, 2.75) is 51.7 Å². The molecule has 0 atom stereocenters. The van der Waals surface area contributed by atoms with E-state index in [9.17, 15) is 9.59 Å². The average molecular weight is 581 g/mol. The van der Waals surface area contributed by atoms with Gasteiger partial charge in [0.05, 0.1) is 10.2 Å². The zero-order valence-corrected chi connectivity index (χ0v) is 21.3. The van der Waals surface area contributed by atoms with Gasteiger partial charge in [-0.3, -0.25) is 9.69 Å². The van der Waals surface area contributed by atoms with Crippen molar-refractivity contribution in [1.29, 1.82) is 0 Å². The Bertz CT molecular complexity index is 1060. The number of urea groups is 1. The Morgan fingerprint density at radius 1 is 1.12 bits per heavy atom. The van der Waals surface area contributed by atoms with Crippen LogP contribution >= 0.6 is 34.2 Å². The van der Waals surface area contributed by atoms with Crippen LogP contribution in [0.3, 0.4) is 0 Å². The summed E-state index contributed by atoms with van der Waals surface area (Å²) in [6.07, 6.45) is 6.71. The highest BCUT2D eigenvalue weighted by atomic mass is 127. The number of amides is 3. The first-order valence-electron chi connectivity index (χ1n) is 11.2. The molecule has 0 radical (unpaired) electrons. The first-order chi connectivity index (χ1) is 16.0. The Labute approximate surface area is 212 Å². The highest BCUT2D eigenvalue weighted by Gasteiger charge is 2.39. The Morgan fingerprint density at radius 3 is 2.55 bits per heavy atom. The molecule has 0 spiro atoms. The molecule has 1 aliphatic carbocycles. The zero-order chi connectivity index (χ0) is 23.4. The molecule has 2 aromatic carbocycles. The standard InChI is InChI=1S/C25H26ClIN2O4/c1-2-32-22-14-17(12-20(27)23(22)33-15-16-8-10-18(26)11-9-16)13-21-24(30)29(25(31)28-21)19-6-4-3-5-7-19/h8-14,19H,2-7,15H2,1H3,(H,28,31)/b21-13-. The molecule has 33 heavy (non-hydrogen) atoms. The monoisotopic (exact) mass is 580 g/mol. The number of rotatable bonds is 7. The van der Waals surface area contributed by atoms with E-state index in [0.717, 1.165) is 46.8 Å². The molecule has 1 saturated heterocycles. The number of benzene rings is 2. The number of imide groups is 1. The normalized spacial score (nSPS) is 18.0. The van der Waals surface area contributed by atoms with Gasteiger partial charge in [0.2, 0.25) is 0 Å². The van der Waals surface area contributed by atoms with Crippen molar-refractivity contribution in [3.63, 3.8) is 0 Å². The Morgan fingerprint density at radius 2 is 1.85 bits per heavy atom. The summed E-state index contributed by atoms with van der Waals surface area (Å²) in [7, 11) is 0. The molecule has 0 bridgehead atoms. The molecule has 1 heterocycles. The maximum Gasteiger partial charge on any atom is 0.329 e. The Balaban J connectivity index is 1.55. The molecule has 2 fully saturated rings. The van der Waals surface area contributed by atoms with Crippen LogP contribution in [0.25, 0.3) is 6.08 Å². The van der Waals surface area contributed by atoms with E-state index in [1.165, 1.54) is 4.90 Å². The quantitative estimate of drug-likeness (QED) is 0.242. The van der Waals surface area contributed by atoms with Crippen molar-refractivity contribution in [2.24, 2.45) is 0 Å². The number of nitrogens with zero attached hydrogens (tertiary/aromatic N) is 1. The maximum atomic E-state index is 13.0. The molecule has 174 valence electrons. The second-order valence-corrected chi connectivity index (χ2v) is 9.73. The van der Waals surface area contributed by atoms with Gasteiger partial charge < -0.3 is 14.8 Å².